The normalized spacial score (nSPS) is 18.8. The number of amides is 2. The Bertz CT molecular complexity index is 524. The Labute approximate surface area is 144 Å². The predicted molar refractivity (Wildman–Crippen MR) is 91.9 cm³/mol. The molecule has 2 rings (SSSR count). The van der Waals surface area contributed by atoms with E-state index in [4.69, 9.17) is 9.26 Å². The molecular weight excluding hydrogens is 308 g/mol. The van der Waals surface area contributed by atoms with Crippen LogP contribution in [-0.2, 0) is 11.3 Å². The minimum atomic E-state index is -0.111. The highest BCUT2D eigenvalue weighted by molar-refractivity contribution is 5.73. The molecule has 2 amide bonds. The van der Waals surface area contributed by atoms with E-state index in [0.29, 0.717) is 19.0 Å². The molecule has 7 heteroatoms. The Hall–Kier alpha value is -1.60. The number of nitrogens with one attached hydrogen (secondary N) is 1. The Kier molecular flexibility index (Phi) is 6.62. The van der Waals surface area contributed by atoms with Crippen molar-refractivity contribution in [3.8, 4) is 0 Å². The van der Waals surface area contributed by atoms with Crippen molar-refractivity contribution in [3.63, 3.8) is 0 Å². The Morgan fingerprint density at radius 3 is 2.83 bits per heavy atom. The molecule has 2 heterocycles. The molecule has 0 aromatic carbocycles. The molecular formula is C17H30N4O3. The van der Waals surface area contributed by atoms with Crippen molar-refractivity contribution in [2.45, 2.75) is 40.3 Å². The third kappa shape index (κ3) is 5.21. The van der Waals surface area contributed by atoms with Gasteiger partial charge in [0.25, 0.3) is 0 Å². The summed E-state index contributed by atoms with van der Waals surface area (Å²) in [6.45, 7) is 12.8. The average Bonchev–Trinajstić information content (AvgIpc) is 2.84. The van der Waals surface area contributed by atoms with Crippen LogP contribution in [0.5, 0.6) is 0 Å². The smallest absolute Gasteiger partial charge is 0.317 e. The summed E-state index contributed by atoms with van der Waals surface area (Å²) in [5.41, 5.74) is 1.79. The van der Waals surface area contributed by atoms with Gasteiger partial charge in [-0.15, -0.1) is 0 Å². The third-order valence-corrected chi connectivity index (χ3v) is 4.25. The molecule has 1 N–H and O–H groups in total. The van der Waals surface area contributed by atoms with Gasteiger partial charge < -0.3 is 19.5 Å². The third-order valence-electron chi connectivity index (χ3n) is 4.25. The fourth-order valence-electron chi connectivity index (χ4n) is 2.96. The molecule has 1 aliphatic rings. The van der Waals surface area contributed by atoms with Gasteiger partial charge >= 0.3 is 6.03 Å². The molecule has 1 saturated heterocycles. The van der Waals surface area contributed by atoms with Crippen LogP contribution in [0.15, 0.2) is 4.52 Å². The van der Waals surface area contributed by atoms with E-state index >= 15 is 0 Å². The lowest BCUT2D eigenvalue weighted by atomic mass is 10.2. The van der Waals surface area contributed by atoms with Gasteiger partial charge in [-0.2, -0.15) is 0 Å². The Balaban J connectivity index is 1.77. The van der Waals surface area contributed by atoms with Crippen molar-refractivity contribution < 1.29 is 14.1 Å². The van der Waals surface area contributed by atoms with E-state index < -0.39 is 0 Å². The highest BCUT2D eigenvalue weighted by Crippen LogP contribution is 2.14. The molecule has 0 bridgehead atoms. The number of hydrogen-bond acceptors (Lipinski definition) is 5. The van der Waals surface area contributed by atoms with Crippen molar-refractivity contribution in [3.05, 3.63) is 17.0 Å². The maximum absolute atomic E-state index is 12.3. The summed E-state index contributed by atoms with van der Waals surface area (Å²) in [5.74, 6) is 1.40. The summed E-state index contributed by atoms with van der Waals surface area (Å²) in [7, 11) is 1.77. The van der Waals surface area contributed by atoms with Gasteiger partial charge in [-0.3, -0.25) is 4.90 Å². The van der Waals surface area contributed by atoms with E-state index in [1.54, 1.807) is 11.9 Å². The molecule has 1 fully saturated rings. The Morgan fingerprint density at radius 1 is 1.46 bits per heavy atom. The lowest BCUT2D eigenvalue weighted by Gasteiger charge is -2.34. The van der Waals surface area contributed by atoms with Gasteiger partial charge in [0.1, 0.15) is 5.76 Å². The van der Waals surface area contributed by atoms with Gasteiger partial charge in [0.05, 0.1) is 24.9 Å². The van der Waals surface area contributed by atoms with Gasteiger partial charge in [-0.1, -0.05) is 19.0 Å². The average molecular weight is 338 g/mol. The second-order valence-corrected chi connectivity index (χ2v) is 6.99. The molecule has 7 nitrogen and oxygen atoms in total. The van der Waals surface area contributed by atoms with Crippen LogP contribution in [0.2, 0.25) is 0 Å². The molecule has 24 heavy (non-hydrogen) atoms. The molecule has 1 aromatic heterocycles. The molecule has 0 aliphatic carbocycles. The maximum atomic E-state index is 12.3. The van der Waals surface area contributed by atoms with Gasteiger partial charge in [0.2, 0.25) is 0 Å². The lowest BCUT2D eigenvalue weighted by molar-refractivity contribution is -0.0293. The standard InChI is InChI=1S/C17H30N4O3/c1-12(2)9-21-6-7-23-15(10-21)8-18-17(22)20(5)11-16-13(3)19-24-14(16)4/h12,15H,6-11H2,1-5H3,(H,18,22). The van der Waals surface area contributed by atoms with Crippen LogP contribution in [0.3, 0.4) is 0 Å². The number of aromatic nitrogens is 1. The van der Waals surface area contributed by atoms with Crippen molar-refractivity contribution in [1.29, 1.82) is 0 Å². The van der Waals surface area contributed by atoms with Crippen molar-refractivity contribution in [2.75, 3.05) is 39.8 Å². The topological polar surface area (TPSA) is 70.8 Å². The SMILES string of the molecule is Cc1noc(C)c1CN(C)C(=O)NCC1CN(CC(C)C)CCO1. The van der Waals surface area contributed by atoms with E-state index in [1.807, 2.05) is 13.8 Å². The van der Waals surface area contributed by atoms with E-state index in [9.17, 15) is 4.79 Å². The van der Waals surface area contributed by atoms with Gasteiger partial charge in [0, 0.05) is 38.8 Å². The van der Waals surface area contributed by atoms with Gasteiger partial charge in [-0.05, 0) is 19.8 Å². The fraction of sp³-hybridized carbons (Fsp3) is 0.765. The zero-order chi connectivity index (χ0) is 17.7. The van der Waals surface area contributed by atoms with Gasteiger partial charge in [0.15, 0.2) is 0 Å². The number of nitrogens with zero attached hydrogens (tertiary/aromatic N) is 3. The minimum absolute atomic E-state index is 0.0499. The summed E-state index contributed by atoms with van der Waals surface area (Å²) >= 11 is 0. The highest BCUT2D eigenvalue weighted by atomic mass is 16.5. The number of hydrogen-bond donors (Lipinski definition) is 1. The fourth-order valence-corrected chi connectivity index (χ4v) is 2.96. The van der Waals surface area contributed by atoms with Crippen molar-refractivity contribution in [2.24, 2.45) is 5.92 Å². The minimum Gasteiger partial charge on any atom is -0.374 e. The lowest BCUT2D eigenvalue weighted by Crippen LogP contribution is -2.49. The molecule has 1 unspecified atom stereocenters. The number of carbonyl (C=O) groups is 1. The number of ether oxygens (including phenoxy) is 1. The molecule has 0 spiro atoms. The largest absolute Gasteiger partial charge is 0.374 e. The number of urea groups is 1. The van der Waals surface area contributed by atoms with Crippen LogP contribution in [0.4, 0.5) is 4.79 Å². The molecule has 0 saturated carbocycles. The van der Waals surface area contributed by atoms with E-state index in [1.165, 1.54) is 0 Å². The van der Waals surface area contributed by atoms with Gasteiger partial charge in [-0.25, -0.2) is 4.79 Å². The first kappa shape index (κ1) is 18.7. The number of aryl methyl sites for hydroxylation is 2. The number of rotatable bonds is 6. The van der Waals surface area contributed by atoms with Crippen LogP contribution in [0.25, 0.3) is 0 Å². The summed E-state index contributed by atoms with van der Waals surface area (Å²) < 4.78 is 10.9. The van der Waals surface area contributed by atoms with Crippen LogP contribution in [-0.4, -0.2) is 66.9 Å². The van der Waals surface area contributed by atoms with Crippen LogP contribution >= 0.6 is 0 Å². The van der Waals surface area contributed by atoms with Crippen LogP contribution in [0, 0.1) is 19.8 Å². The van der Waals surface area contributed by atoms with E-state index in [-0.39, 0.29) is 12.1 Å². The highest BCUT2D eigenvalue weighted by Gasteiger charge is 2.22. The zero-order valence-corrected chi connectivity index (χ0v) is 15.5. The monoisotopic (exact) mass is 338 g/mol. The molecule has 0 radical (unpaired) electrons. The quantitative estimate of drug-likeness (QED) is 0.856. The molecule has 136 valence electrons. The predicted octanol–water partition coefficient (Wildman–Crippen LogP) is 1.79. The maximum Gasteiger partial charge on any atom is 0.317 e. The molecule has 1 aromatic rings. The number of morpholine rings is 1. The van der Waals surface area contributed by atoms with Crippen molar-refractivity contribution in [1.82, 2.24) is 20.3 Å². The van der Waals surface area contributed by atoms with Crippen LogP contribution in [0.1, 0.15) is 30.9 Å². The first-order chi connectivity index (χ1) is 11.4. The second kappa shape index (κ2) is 8.48. The van der Waals surface area contributed by atoms with Crippen molar-refractivity contribution >= 4 is 6.03 Å². The van der Waals surface area contributed by atoms with Crippen LogP contribution < -0.4 is 5.32 Å². The second-order valence-electron chi connectivity index (χ2n) is 6.99. The zero-order valence-electron chi connectivity index (χ0n) is 15.5. The molecule has 1 atom stereocenters. The summed E-state index contributed by atoms with van der Waals surface area (Å²) in [6.07, 6.45) is 0.0499. The number of carbonyl (C=O) groups excluding carboxylic acids is 1. The first-order valence-electron chi connectivity index (χ1n) is 8.61. The Morgan fingerprint density at radius 2 is 2.21 bits per heavy atom. The summed E-state index contributed by atoms with van der Waals surface area (Å²) in [6, 6.07) is -0.111. The summed E-state index contributed by atoms with van der Waals surface area (Å²) in [5, 5.41) is 6.88. The first-order valence-corrected chi connectivity index (χ1v) is 8.61. The summed E-state index contributed by atoms with van der Waals surface area (Å²) in [4.78, 5) is 16.3. The van der Waals surface area contributed by atoms with E-state index in [2.05, 4.69) is 29.2 Å². The van der Waals surface area contributed by atoms with E-state index in [0.717, 1.165) is 43.3 Å². The molecule has 1 aliphatic heterocycles.